The lowest BCUT2D eigenvalue weighted by atomic mass is 9.95. The second kappa shape index (κ2) is 7.13. The van der Waals surface area contributed by atoms with Gasteiger partial charge in [-0.05, 0) is 59.0 Å². The number of halogens is 1. The van der Waals surface area contributed by atoms with Gasteiger partial charge in [-0.15, -0.1) is 0 Å². The molecule has 2 amide bonds. The van der Waals surface area contributed by atoms with E-state index in [0.29, 0.717) is 49.1 Å². The number of amides is 2. The Morgan fingerprint density at radius 2 is 1.88 bits per heavy atom. The van der Waals surface area contributed by atoms with E-state index in [9.17, 15) is 18.0 Å². The quantitative estimate of drug-likeness (QED) is 0.716. The normalized spacial score (nSPS) is 17.9. The standard InChI is InChI=1S/C17H20BrN3O4S/c1-2-16(22)20-6-3-11(4-7-20)17(23)21-8-5-12-9-13(18)15(10-14(12)21)26(19,24)25/h2,9-11H,1,3-8H2,(H2,19,24,25). The number of hydrogen-bond donors (Lipinski definition) is 1. The number of carbonyl (C=O) groups excluding carboxylic acids is 2. The fourth-order valence-corrected chi connectivity index (χ4v) is 5.21. The van der Waals surface area contributed by atoms with Gasteiger partial charge in [0.05, 0.1) is 4.90 Å². The van der Waals surface area contributed by atoms with Crippen molar-refractivity contribution in [3.05, 3.63) is 34.8 Å². The number of sulfonamides is 1. The predicted molar refractivity (Wildman–Crippen MR) is 101 cm³/mol. The molecule has 1 fully saturated rings. The Labute approximate surface area is 161 Å². The van der Waals surface area contributed by atoms with Crippen molar-refractivity contribution in [1.29, 1.82) is 0 Å². The van der Waals surface area contributed by atoms with Gasteiger partial charge in [0.2, 0.25) is 21.8 Å². The number of anilines is 1. The first-order valence-corrected chi connectivity index (χ1v) is 10.6. The summed E-state index contributed by atoms with van der Waals surface area (Å²) >= 11 is 3.24. The van der Waals surface area contributed by atoms with Crippen molar-refractivity contribution < 1.29 is 18.0 Å². The molecule has 0 atom stereocenters. The van der Waals surface area contributed by atoms with Crippen LogP contribution in [0.15, 0.2) is 34.2 Å². The summed E-state index contributed by atoms with van der Waals surface area (Å²) in [6, 6.07) is 3.18. The Bertz CT molecular complexity index is 876. The minimum absolute atomic E-state index is 0.0256. The van der Waals surface area contributed by atoms with E-state index in [1.807, 2.05) is 0 Å². The molecule has 2 aliphatic rings. The fraction of sp³-hybridized carbons (Fsp3) is 0.412. The summed E-state index contributed by atoms with van der Waals surface area (Å²) in [5.41, 5.74) is 1.52. The largest absolute Gasteiger partial charge is 0.339 e. The number of carbonyl (C=O) groups is 2. The summed E-state index contributed by atoms with van der Waals surface area (Å²) in [5.74, 6) is -0.335. The van der Waals surface area contributed by atoms with E-state index in [2.05, 4.69) is 22.5 Å². The van der Waals surface area contributed by atoms with E-state index in [1.54, 1.807) is 15.9 Å². The first kappa shape index (κ1) is 19.1. The molecule has 26 heavy (non-hydrogen) atoms. The molecule has 1 aromatic rings. The molecule has 0 saturated carbocycles. The molecule has 9 heteroatoms. The average Bonchev–Trinajstić information content (AvgIpc) is 3.01. The number of nitrogens with two attached hydrogens (primary N) is 1. The van der Waals surface area contributed by atoms with Crippen molar-refractivity contribution in [1.82, 2.24) is 4.90 Å². The molecule has 3 rings (SSSR count). The van der Waals surface area contributed by atoms with Crippen LogP contribution >= 0.6 is 15.9 Å². The lowest BCUT2D eigenvalue weighted by Crippen LogP contribution is -2.43. The van der Waals surface area contributed by atoms with E-state index < -0.39 is 10.0 Å². The van der Waals surface area contributed by atoms with E-state index >= 15 is 0 Å². The highest BCUT2D eigenvalue weighted by molar-refractivity contribution is 9.10. The lowest BCUT2D eigenvalue weighted by molar-refractivity contribution is -0.130. The molecule has 2 N–H and O–H groups in total. The number of fused-ring (bicyclic) bond motifs is 1. The van der Waals surface area contributed by atoms with Crippen molar-refractivity contribution in [2.75, 3.05) is 24.5 Å². The molecular weight excluding hydrogens is 422 g/mol. The first-order chi connectivity index (χ1) is 12.2. The summed E-state index contributed by atoms with van der Waals surface area (Å²) < 4.78 is 23.9. The smallest absolute Gasteiger partial charge is 0.245 e. The maximum atomic E-state index is 13.0. The molecule has 140 valence electrons. The SMILES string of the molecule is C=CC(=O)N1CCC(C(=O)N2CCc3cc(Br)c(S(N)(=O)=O)cc32)CC1. The van der Waals surface area contributed by atoms with Gasteiger partial charge in [-0.25, -0.2) is 13.6 Å². The molecule has 0 aliphatic carbocycles. The maximum Gasteiger partial charge on any atom is 0.245 e. The Kier molecular flexibility index (Phi) is 5.23. The van der Waals surface area contributed by atoms with Crippen LogP contribution in [0.25, 0.3) is 0 Å². The van der Waals surface area contributed by atoms with Gasteiger partial charge in [-0.1, -0.05) is 6.58 Å². The highest BCUT2D eigenvalue weighted by atomic mass is 79.9. The van der Waals surface area contributed by atoms with E-state index in [1.165, 1.54) is 12.1 Å². The van der Waals surface area contributed by atoms with E-state index in [0.717, 1.165) is 5.56 Å². The van der Waals surface area contributed by atoms with E-state index in [4.69, 9.17) is 5.14 Å². The zero-order valence-electron chi connectivity index (χ0n) is 14.2. The summed E-state index contributed by atoms with van der Waals surface area (Å²) in [6.07, 6.45) is 3.12. The topological polar surface area (TPSA) is 101 Å². The van der Waals surface area contributed by atoms with Gasteiger partial charge < -0.3 is 9.80 Å². The Balaban J connectivity index is 1.80. The minimum atomic E-state index is -3.89. The summed E-state index contributed by atoms with van der Waals surface area (Å²) in [6.45, 7) is 5.04. The third-order valence-electron chi connectivity index (χ3n) is 4.93. The molecule has 1 aromatic carbocycles. The van der Waals surface area contributed by atoms with Crippen LogP contribution in [0.5, 0.6) is 0 Å². The molecule has 0 radical (unpaired) electrons. The van der Waals surface area contributed by atoms with Crippen LogP contribution in [0, 0.1) is 5.92 Å². The summed E-state index contributed by atoms with van der Waals surface area (Å²) in [7, 11) is -3.89. The number of piperidine rings is 1. The monoisotopic (exact) mass is 441 g/mol. The number of likely N-dealkylation sites (tertiary alicyclic amines) is 1. The Morgan fingerprint density at radius 3 is 2.46 bits per heavy atom. The number of hydrogen-bond acceptors (Lipinski definition) is 4. The second-order valence-corrected chi connectivity index (χ2v) is 8.88. The summed E-state index contributed by atoms with van der Waals surface area (Å²) in [4.78, 5) is 27.9. The zero-order valence-corrected chi connectivity index (χ0v) is 16.6. The minimum Gasteiger partial charge on any atom is -0.339 e. The van der Waals surface area contributed by atoms with Crippen LogP contribution in [-0.4, -0.2) is 44.8 Å². The molecule has 2 aliphatic heterocycles. The van der Waals surface area contributed by atoms with Crippen LogP contribution in [0.3, 0.4) is 0 Å². The lowest BCUT2D eigenvalue weighted by Gasteiger charge is -2.32. The predicted octanol–water partition coefficient (Wildman–Crippen LogP) is 1.41. The van der Waals surface area contributed by atoms with Gasteiger partial charge in [-0.3, -0.25) is 9.59 Å². The molecule has 7 nitrogen and oxygen atoms in total. The Hall–Kier alpha value is -1.71. The number of nitrogens with zero attached hydrogens (tertiary/aromatic N) is 2. The average molecular weight is 442 g/mol. The molecule has 0 bridgehead atoms. The number of rotatable bonds is 3. The molecular formula is C17H20BrN3O4S. The number of benzene rings is 1. The van der Waals surface area contributed by atoms with Crippen LogP contribution < -0.4 is 10.0 Å². The van der Waals surface area contributed by atoms with Gasteiger partial charge in [-0.2, -0.15) is 0 Å². The van der Waals surface area contributed by atoms with Crippen LogP contribution in [0.4, 0.5) is 5.69 Å². The highest BCUT2D eigenvalue weighted by Crippen LogP contribution is 2.36. The van der Waals surface area contributed by atoms with Crippen molar-refractivity contribution in [3.63, 3.8) is 0 Å². The summed E-state index contributed by atoms with van der Waals surface area (Å²) in [5, 5.41) is 5.27. The van der Waals surface area contributed by atoms with E-state index in [-0.39, 0.29) is 22.6 Å². The van der Waals surface area contributed by atoms with Crippen molar-refractivity contribution in [2.45, 2.75) is 24.2 Å². The molecule has 0 aromatic heterocycles. The van der Waals surface area contributed by atoms with Crippen LogP contribution in [-0.2, 0) is 26.0 Å². The van der Waals surface area contributed by atoms with Crippen molar-refractivity contribution >= 4 is 43.5 Å². The van der Waals surface area contributed by atoms with Gasteiger partial charge in [0.25, 0.3) is 0 Å². The number of primary sulfonamides is 1. The third-order valence-corrected chi connectivity index (χ3v) is 6.80. The van der Waals surface area contributed by atoms with Crippen LogP contribution in [0.2, 0.25) is 0 Å². The molecule has 1 saturated heterocycles. The highest BCUT2D eigenvalue weighted by Gasteiger charge is 2.34. The molecule has 0 unspecified atom stereocenters. The van der Waals surface area contributed by atoms with Gasteiger partial charge in [0.15, 0.2) is 0 Å². The second-order valence-electron chi connectivity index (χ2n) is 6.50. The zero-order chi connectivity index (χ0) is 19.1. The van der Waals surface area contributed by atoms with Gasteiger partial charge >= 0.3 is 0 Å². The third kappa shape index (κ3) is 3.56. The van der Waals surface area contributed by atoms with Gasteiger partial charge in [0.1, 0.15) is 0 Å². The molecule has 0 spiro atoms. The van der Waals surface area contributed by atoms with Crippen molar-refractivity contribution in [3.8, 4) is 0 Å². The van der Waals surface area contributed by atoms with Gasteiger partial charge in [0, 0.05) is 35.7 Å². The first-order valence-electron chi connectivity index (χ1n) is 8.30. The Morgan fingerprint density at radius 1 is 1.23 bits per heavy atom. The maximum absolute atomic E-state index is 13.0. The van der Waals surface area contributed by atoms with Crippen molar-refractivity contribution in [2.24, 2.45) is 11.1 Å². The fourth-order valence-electron chi connectivity index (χ4n) is 3.53. The molecule has 2 heterocycles. The van der Waals surface area contributed by atoms with Crippen LogP contribution in [0.1, 0.15) is 18.4 Å².